The number of halogens is 1. The molecule has 1 aromatic rings. The topological polar surface area (TPSA) is 111 Å². The molecule has 0 bridgehead atoms. The summed E-state index contributed by atoms with van der Waals surface area (Å²) in [6, 6.07) is 0. The van der Waals surface area contributed by atoms with E-state index in [1.807, 2.05) is 0 Å². The van der Waals surface area contributed by atoms with Gasteiger partial charge in [0.2, 0.25) is 17.8 Å². The van der Waals surface area contributed by atoms with Crippen molar-refractivity contribution in [1.82, 2.24) is 14.8 Å². The molecule has 2 heterocycles. The summed E-state index contributed by atoms with van der Waals surface area (Å²) in [7, 11) is -3.23. The van der Waals surface area contributed by atoms with Crippen molar-refractivity contribution in [2.75, 3.05) is 17.2 Å². The van der Waals surface area contributed by atoms with Gasteiger partial charge in [0.1, 0.15) is 5.25 Å². The number of nitrogens with zero attached hydrogens (tertiary/aromatic N) is 4. The van der Waals surface area contributed by atoms with Gasteiger partial charge in [-0.25, -0.2) is 4.68 Å². The van der Waals surface area contributed by atoms with Gasteiger partial charge in [0.05, 0.1) is 0 Å². The first kappa shape index (κ1) is 11.8. The van der Waals surface area contributed by atoms with Crippen LogP contribution in [0, 0.1) is 0 Å². The first-order chi connectivity index (χ1) is 7.79. The number of anilines is 2. The summed E-state index contributed by atoms with van der Waals surface area (Å²) < 4.78 is 35.5. The average molecular weight is 263 g/mol. The third kappa shape index (κ3) is 2.07. The lowest BCUT2D eigenvalue weighted by Crippen LogP contribution is -2.29. The van der Waals surface area contributed by atoms with Crippen molar-refractivity contribution < 1.29 is 17.1 Å². The molecule has 2 rings (SSSR count). The van der Waals surface area contributed by atoms with E-state index in [0.29, 0.717) is 0 Å². The zero-order chi connectivity index (χ0) is 12.8. The lowest BCUT2D eigenvalue weighted by Gasteiger charge is -2.13. The minimum atomic E-state index is -4.73. The van der Waals surface area contributed by atoms with E-state index in [-0.39, 0.29) is 18.4 Å². The molecule has 0 spiro atoms. The highest BCUT2D eigenvalue weighted by Gasteiger charge is 2.40. The number of carbonyl (C=O) groups excluding carboxylic acids is 1. The Kier molecular flexibility index (Phi) is 2.53. The van der Waals surface area contributed by atoms with E-state index in [1.165, 1.54) is 11.7 Å². The van der Waals surface area contributed by atoms with Gasteiger partial charge < -0.3 is 5.73 Å². The number of hydrogen-bond donors (Lipinski definition) is 1. The fraction of sp³-hybridized carbons (Fsp3) is 0.571. The quantitative estimate of drug-likeness (QED) is 0.671. The number of carbonyl (C=O) groups is 1. The Morgan fingerprint density at radius 1 is 1.53 bits per heavy atom. The molecule has 94 valence electrons. The summed E-state index contributed by atoms with van der Waals surface area (Å²) in [6.45, 7) is -0.274. The maximum absolute atomic E-state index is 12.8. The van der Waals surface area contributed by atoms with E-state index in [0.717, 1.165) is 4.90 Å². The zero-order valence-corrected chi connectivity index (χ0v) is 9.69. The van der Waals surface area contributed by atoms with Gasteiger partial charge in [-0.15, -0.1) is 8.98 Å². The predicted octanol–water partition coefficient (Wildman–Crippen LogP) is -1.20. The third-order valence-electron chi connectivity index (χ3n) is 2.49. The predicted molar refractivity (Wildman–Crippen MR) is 56.2 cm³/mol. The van der Waals surface area contributed by atoms with E-state index in [9.17, 15) is 17.1 Å². The Morgan fingerprint density at radius 3 is 2.59 bits per heavy atom. The molecule has 1 aliphatic rings. The number of rotatable bonds is 2. The van der Waals surface area contributed by atoms with Crippen LogP contribution in [0.4, 0.5) is 15.8 Å². The van der Waals surface area contributed by atoms with Crippen LogP contribution in [0.3, 0.4) is 0 Å². The Morgan fingerprint density at radius 2 is 2.18 bits per heavy atom. The van der Waals surface area contributed by atoms with Gasteiger partial charge in [0, 0.05) is 20.0 Å². The highest BCUT2D eigenvalue weighted by atomic mass is 32.3. The van der Waals surface area contributed by atoms with Crippen molar-refractivity contribution in [3.63, 3.8) is 0 Å². The first-order valence-electron chi connectivity index (χ1n) is 4.69. The molecule has 1 saturated heterocycles. The van der Waals surface area contributed by atoms with Gasteiger partial charge >= 0.3 is 10.2 Å². The summed E-state index contributed by atoms with van der Waals surface area (Å²) in [5.41, 5.74) is 5.34. The van der Waals surface area contributed by atoms with E-state index in [1.54, 1.807) is 0 Å². The maximum atomic E-state index is 12.8. The lowest BCUT2D eigenvalue weighted by atomic mass is 10.4. The van der Waals surface area contributed by atoms with Crippen molar-refractivity contribution in [1.29, 1.82) is 0 Å². The second kappa shape index (κ2) is 3.65. The maximum Gasteiger partial charge on any atom is 0.307 e. The van der Waals surface area contributed by atoms with Crippen LogP contribution in [-0.4, -0.2) is 40.9 Å². The van der Waals surface area contributed by atoms with E-state index in [4.69, 9.17) is 5.73 Å². The molecule has 1 aliphatic heterocycles. The summed E-state index contributed by atoms with van der Waals surface area (Å²) in [6.07, 6.45) is -0.397. The molecule has 1 amide bonds. The Hall–Kier alpha value is -1.71. The smallest absolute Gasteiger partial charge is 0.307 e. The van der Waals surface area contributed by atoms with Crippen LogP contribution in [0.15, 0.2) is 0 Å². The molecule has 0 radical (unpaired) electrons. The minimum absolute atomic E-state index is 0.0399. The van der Waals surface area contributed by atoms with Crippen LogP contribution in [0.1, 0.15) is 6.42 Å². The molecule has 1 atom stereocenters. The lowest BCUT2D eigenvalue weighted by molar-refractivity contribution is -0.117. The van der Waals surface area contributed by atoms with Crippen LogP contribution in [-0.2, 0) is 22.1 Å². The van der Waals surface area contributed by atoms with Crippen LogP contribution < -0.4 is 10.6 Å². The SMILES string of the molecule is Cn1nc(N)nc1N1CC(S(=O)(=O)F)CC1=O. The van der Waals surface area contributed by atoms with E-state index >= 15 is 0 Å². The highest BCUT2D eigenvalue weighted by molar-refractivity contribution is 7.87. The van der Waals surface area contributed by atoms with E-state index < -0.39 is 27.8 Å². The normalized spacial score (nSPS) is 21.2. The van der Waals surface area contributed by atoms with Gasteiger partial charge in [-0.1, -0.05) is 0 Å². The van der Waals surface area contributed by atoms with Gasteiger partial charge in [0.15, 0.2) is 0 Å². The van der Waals surface area contributed by atoms with Crippen molar-refractivity contribution in [3.8, 4) is 0 Å². The molecule has 10 heteroatoms. The van der Waals surface area contributed by atoms with E-state index in [2.05, 4.69) is 10.1 Å². The average Bonchev–Trinajstić information content (AvgIpc) is 2.68. The summed E-state index contributed by atoms with van der Waals surface area (Å²) in [5.74, 6) is -0.452. The Bertz CT molecular complexity index is 568. The largest absolute Gasteiger partial charge is 0.366 e. The number of nitrogens with two attached hydrogens (primary N) is 1. The number of amides is 1. The second-order valence-electron chi connectivity index (χ2n) is 3.70. The Labute approximate surface area is 96.4 Å². The molecule has 0 aliphatic carbocycles. The number of aromatic nitrogens is 3. The zero-order valence-electron chi connectivity index (χ0n) is 8.87. The molecule has 17 heavy (non-hydrogen) atoms. The number of aryl methyl sites for hydroxylation is 1. The minimum Gasteiger partial charge on any atom is -0.366 e. The number of nitrogen functional groups attached to an aromatic ring is 1. The van der Waals surface area contributed by atoms with Crippen LogP contribution in [0.25, 0.3) is 0 Å². The third-order valence-corrected chi connectivity index (χ3v) is 3.60. The van der Waals surface area contributed by atoms with Gasteiger partial charge in [-0.2, -0.15) is 13.4 Å². The fourth-order valence-electron chi connectivity index (χ4n) is 1.69. The highest BCUT2D eigenvalue weighted by Crippen LogP contribution is 2.24. The standard InChI is InChI=1S/C7H10FN5O3S/c1-12-7(10-6(9)11-12)13-3-4(2-5(13)14)17(8,15)16/h4H,2-3H2,1H3,(H2,9,11). The molecular weight excluding hydrogens is 253 g/mol. The summed E-state index contributed by atoms with van der Waals surface area (Å²) in [5, 5.41) is 2.37. The van der Waals surface area contributed by atoms with Crippen molar-refractivity contribution in [2.45, 2.75) is 11.7 Å². The molecule has 0 saturated carbocycles. The molecule has 0 aromatic carbocycles. The van der Waals surface area contributed by atoms with Gasteiger partial charge in [-0.05, 0) is 0 Å². The second-order valence-corrected chi connectivity index (χ2v) is 5.32. The van der Waals surface area contributed by atoms with Crippen molar-refractivity contribution in [2.24, 2.45) is 7.05 Å². The summed E-state index contributed by atoms with van der Waals surface area (Å²) in [4.78, 5) is 16.4. The van der Waals surface area contributed by atoms with Crippen molar-refractivity contribution in [3.05, 3.63) is 0 Å². The van der Waals surface area contributed by atoms with Crippen LogP contribution in [0.2, 0.25) is 0 Å². The molecule has 2 N–H and O–H groups in total. The molecule has 8 nitrogen and oxygen atoms in total. The number of hydrogen-bond acceptors (Lipinski definition) is 6. The molecule has 1 unspecified atom stereocenters. The van der Waals surface area contributed by atoms with Gasteiger partial charge in [0.25, 0.3) is 0 Å². The molecule has 1 fully saturated rings. The molecule has 1 aromatic heterocycles. The Balaban J connectivity index is 2.31. The summed E-state index contributed by atoms with van der Waals surface area (Å²) >= 11 is 0. The fourth-order valence-corrected chi connectivity index (χ4v) is 2.36. The van der Waals surface area contributed by atoms with Crippen LogP contribution >= 0.6 is 0 Å². The monoisotopic (exact) mass is 263 g/mol. The first-order valence-corrected chi connectivity index (χ1v) is 6.14. The molecular formula is C7H10FN5O3S. The van der Waals surface area contributed by atoms with Gasteiger partial charge in [-0.3, -0.25) is 9.69 Å². The van der Waals surface area contributed by atoms with Crippen LogP contribution in [0.5, 0.6) is 0 Å². The van der Waals surface area contributed by atoms with Crippen molar-refractivity contribution >= 4 is 28.0 Å².